The first kappa shape index (κ1) is 12.4. The van der Waals surface area contributed by atoms with Gasteiger partial charge in [0.15, 0.2) is 0 Å². The van der Waals surface area contributed by atoms with Crippen LogP contribution in [-0.2, 0) is 0 Å². The van der Waals surface area contributed by atoms with Crippen LogP contribution in [0.1, 0.15) is 14.7 Å². The summed E-state index contributed by atoms with van der Waals surface area (Å²) in [4.78, 5) is 15.5. The minimum absolute atomic E-state index is 0.209. The van der Waals surface area contributed by atoms with Gasteiger partial charge in [0, 0.05) is 5.56 Å². The van der Waals surface area contributed by atoms with Crippen molar-refractivity contribution in [2.45, 2.75) is 6.92 Å². The molecule has 0 saturated heterocycles. The summed E-state index contributed by atoms with van der Waals surface area (Å²) in [6.45, 7) is 1.76. The molecule has 1 heterocycles. The number of benzene rings is 1. The van der Waals surface area contributed by atoms with Crippen molar-refractivity contribution < 1.29 is 9.90 Å². The molecular weight excluding hydrogens is 281 g/mol. The van der Waals surface area contributed by atoms with Gasteiger partial charge in [-0.1, -0.05) is 29.3 Å². The van der Waals surface area contributed by atoms with Crippen molar-refractivity contribution in [1.82, 2.24) is 4.98 Å². The zero-order valence-electron chi connectivity index (χ0n) is 8.70. The highest BCUT2D eigenvalue weighted by Crippen LogP contribution is 2.32. The molecule has 0 spiro atoms. The molecule has 88 valence electrons. The molecule has 0 radical (unpaired) electrons. The second-order valence-electron chi connectivity index (χ2n) is 3.34. The molecule has 6 heteroatoms. The van der Waals surface area contributed by atoms with E-state index in [1.807, 2.05) is 0 Å². The molecule has 0 fully saturated rings. The molecule has 3 nitrogen and oxygen atoms in total. The van der Waals surface area contributed by atoms with Crippen molar-refractivity contribution in [2.24, 2.45) is 0 Å². The number of nitrogens with zero attached hydrogens (tertiary/aromatic N) is 1. The number of aromatic nitrogens is 1. The summed E-state index contributed by atoms with van der Waals surface area (Å²) in [5, 5.41) is 10.6. The summed E-state index contributed by atoms with van der Waals surface area (Å²) in [6.07, 6.45) is 0. The highest BCUT2D eigenvalue weighted by Gasteiger charge is 2.17. The fourth-order valence-corrected chi connectivity index (χ4v) is 2.49. The van der Waals surface area contributed by atoms with Gasteiger partial charge in [-0.2, -0.15) is 0 Å². The molecular formula is C11H7Cl2NO2S. The molecule has 0 saturated carbocycles. The maximum absolute atomic E-state index is 11.1. The Morgan fingerprint density at radius 2 is 2.06 bits per heavy atom. The third-order valence-electron chi connectivity index (χ3n) is 2.12. The van der Waals surface area contributed by atoms with Crippen molar-refractivity contribution >= 4 is 40.5 Å². The molecule has 0 aliphatic rings. The minimum Gasteiger partial charge on any atom is -0.477 e. The van der Waals surface area contributed by atoms with Crippen LogP contribution in [0.3, 0.4) is 0 Å². The molecule has 0 aliphatic heterocycles. The lowest BCUT2D eigenvalue weighted by Gasteiger charge is -2.01. The molecule has 1 aromatic heterocycles. The van der Waals surface area contributed by atoms with Crippen LogP contribution in [0.5, 0.6) is 0 Å². The molecule has 1 N–H and O–H groups in total. The summed E-state index contributed by atoms with van der Waals surface area (Å²) in [5.41, 5.74) is 1.08. The van der Waals surface area contributed by atoms with E-state index in [1.54, 1.807) is 25.1 Å². The highest BCUT2D eigenvalue weighted by molar-refractivity contribution is 7.14. The van der Waals surface area contributed by atoms with E-state index in [0.29, 0.717) is 26.3 Å². The Morgan fingerprint density at radius 1 is 1.35 bits per heavy atom. The predicted octanol–water partition coefficient (Wildman–Crippen LogP) is 4.12. The van der Waals surface area contributed by atoms with Crippen LogP contribution in [0.25, 0.3) is 11.3 Å². The number of carboxylic acids is 1. The second-order valence-corrected chi connectivity index (χ2v) is 5.36. The summed E-state index contributed by atoms with van der Waals surface area (Å²) < 4.78 is 0. The van der Waals surface area contributed by atoms with Gasteiger partial charge in [-0.05, 0) is 19.1 Å². The molecule has 0 unspecified atom stereocenters. The Balaban J connectivity index is 2.59. The van der Waals surface area contributed by atoms with Crippen molar-refractivity contribution in [3.8, 4) is 11.3 Å². The van der Waals surface area contributed by atoms with Crippen molar-refractivity contribution in [3.63, 3.8) is 0 Å². The first-order valence-corrected chi connectivity index (χ1v) is 6.22. The quantitative estimate of drug-likeness (QED) is 0.904. The number of carboxylic acid groups (broad SMARTS) is 1. The van der Waals surface area contributed by atoms with Crippen molar-refractivity contribution in [3.05, 3.63) is 38.1 Å². The van der Waals surface area contributed by atoms with Crippen molar-refractivity contribution in [1.29, 1.82) is 0 Å². The number of hydrogen-bond donors (Lipinski definition) is 1. The van der Waals surface area contributed by atoms with Crippen molar-refractivity contribution in [2.75, 3.05) is 0 Å². The van der Waals surface area contributed by atoms with Gasteiger partial charge >= 0.3 is 5.97 Å². The molecule has 2 aromatic rings. The highest BCUT2D eigenvalue weighted by atomic mass is 35.5. The zero-order valence-corrected chi connectivity index (χ0v) is 11.0. The molecule has 0 atom stereocenters. The molecule has 2 rings (SSSR count). The molecule has 1 aromatic carbocycles. The number of aryl methyl sites for hydroxylation is 1. The Hall–Kier alpha value is -1.10. The number of halogens is 2. The summed E-state index contributed by atoms with van der Waals surface area (Å²) in [7, 11) is 0. The average Bonchev–Trinajstić information content (AvgIpc) is 2.64. The van der Waals surface area contributed by atoms with E-state index in [0.717, 1.165) is 11.3 Å². The second kappa shape index (κ2) is 4.64. The van der Waals surface area contributed by atoms with Crippen LogP contribution in [-0.4, -0.2) is 16.1 Å². The Bertz CT molecular complexity index is 595. The van der Waals surface area contributed by atoms with E-state index in [-0.39, 0.29) is 4.88 Å². The fraction of sp³-hybridized carbons (Fsp3) is 0.0909. The standard InChI is InChI=1S/C11H7Cl2NO2S/c1-5-14-9(10(17-5)11(15)16)6-2-3-7(12)8(13)4-6/h2-4H,1H3,(H,15,16). The lowest BCUT2D eigenvalue weighted by Crippen LogP contribution is -1.95. The van der Waals surface area contributed by atoms with Gasteiger partial charge in [-0.25, -0.2) is 9.78 Å². The van der Waals surface area contributed by atoms with E-state index < -0.39 is 5.97 Å². The number of hydrogen-bond acceptors (Lipinski definition) is 3. The molecule has 17 heavy (non-hydrogen) atoms. The minimum atomic E-state index is -0.989. The van der Waals surface area contributed by atoms with E-state index in [4.69, 9.17) is 28.3 Å². The maximum atomic E-state index is 11.1. The van der Waals surface area contributed by atoms with Crippen LogP contribution in [0, 0.1) is 6.92 Å². The van der Waals surface area contributed by atoms with E-state index in [2.05, 4.69) is 4.98 Å². The smallest absolute Gasteiger partial charge is 0.348 e. The summed E-state index contributed by atoms with van der Waals surface area (Å²) >= 11 is 12.8. The third-order valence-corrected chi connectivity index (χ3v) is 3.82. The largest absolute Gasteiger partial charge is 0.477 e. The normalized spacial score (nSPS) is 10.5. The Labute approximate surface area is 112 Å². The lowest BCUT2D eigenvalue weighted by molar-refractivity contribution is 0.0702. The van der Waals surface area contributed by atoms with Gasteiger partial charge in [0.1, 0.15) is 4.88 Å². The maximum Gasteiger partial charge on any atom is 0.348 e. The predicted molar refractivity (Wildman–Crippen MR) is 69.3 cm³/mol. The molecule has 0 bridgehead atoms. The average molecular weight is 288 g/mol. The van der Waals surface area contributed by atoms with Crippen LogP contribution >= 0.6 is 34.5 Å². The van der Waals surface area contributed by atoms with E-state index >= 15 is 0 Å². The zero-order chi connectivity index (χ0) is 12.6. The topological polar surface area (TPSA) is 50.2 Å². The number of carbonyl (C=O) groups is 1. The van der Waals surface area contributed by atoms with Gasteiger partial charge < -0.3 is 5.11 Å². The lowest BCUT2D eigenvalue weighted by atomic mass is 10.1. The SMILES string of the molecule is Cc1nc(-c2ccc(Cl)c(Cl)c2)c(C(=O)O)s1. The first-order chi connectivity index (χ1) is 7.99. The Morgan fingerprint density at radius 3 is 2.65 bits per heavy atom. The van der Waals surface area contributed by atoms with Crippen LogP contribution in [0.15, 0.2) is 18.2 Å². The molecule has 0 aliphatic carbocycles. The summed E-state index contributed by atoms with van der Waals surface area (Å²) in [5.74, 6) is -0.989. The Kier molecular flexibility index (Phi) is 3.38. The van der Waals surface area contributed by atoms with Crippen LogP contribution < -0.4 is 0 Å². The molecule has 0 amide bonds. The van der Waals surface area contributed by atoms with Gasteiger partial charge in [0.25, 0.3) is 0 Å². The fourth-order valence-electron chi connectivity index (χ4n) is 1.41. The van der Waals surface area contributed by atoms with Gasteiger partial charge in [-0.3, -0.25) is 0 Å². The van der Waals surface area contributed by atoms with Gasteiger partial charge in [-0.15, -0.1) is 11.3 Å². The first-order valence-electron chi connectivity index (χ1n) is 4.65. The van der Waals surface area contributed by atoms with E-state index in [9.17, 15) is 4.79 Å². The van der Waals surface area contributed by atoms with Gasteiger partial charge in [0.2, 0.25) is 0 Å². The number of rotatable bonds is 2. The van der Waals surface area contributed by atoms with Crippen LogP contribution in [0.4, 0.5) is 0 Å². The number of aromatic carboxylic acids is 1. The monoisotopic (exact) mass is 287 g/mol. The van der Waals surface area contributed by atoms with Gasteiger partial charge in [0.05, 0.1) is 20.7 Å². The summed E-state index contributed by atoms with van der Waals surface area (Å²) in [6, 6.07) is 4.94. The van der Waals surface area contributed by atoms with E-state index in [1.165, 1.54) is 0 Å². The third kappa shape index (κ3) is 2.44. The van der Waals surface area contributed by atoms with Crippen LogP contribution in [0.2, 0.25) is 10.0 Å². The number of thiazole rings is 1.